The molecule has 0 saturated heterocycles. The third kappa shape index (κ3) is 15.4. The minimum absolute atomic E-state index is 0. The molecule has 0 aliphatic carbocycles. The molecule has 9 rings (SSSR count). The van der Waals surface area contributed by atoms with E-state index >= 15 is 0 Å². The first-order chi connectivity index (χ1) is 34.3. The van der Waals surface area contributed by atoms with Gasteiger partial charge in [-0.05, 0) is 23.3 Å². The SMILES string of the molecule is C.CCCn1ncnc1Cc1nnc(Nc2ncnn2CCO)nn1.CCCn1nnc(Cc2nnc(Nc3nnn(CCO)n3)nn2)n1.OCc1n[nH]c(Cc2nnc(Nc3n[nH]c(CO)n3)nn2)n1. The molecule has 39 nitrogen and oxygen atoms in total. The Morgan fingerprint density at radius 1 is 0.479 bits per heavy atom. The van der Waals surface area contributed by atoms with Gasteiger partial charge in [0, 0.05) is 6.54 Å². The fourth-order valence-corrected chi connectivity index (χ4v) is 5.31. The summed E-state index contributed by atoms with van der Waals surface area (Å²) in [6, 6.07) is 0. The summed E-state index contributed by atoms with van der Waals surface area (Å²) in [5, 5.41) is 135. The van der Waals surface area contributed by atoms with Gasteiger partial charge >= 0.3 is 0 Å². The van der Waals surface area contributed by atoms with Gasteiger partial charge in [-0.15, -0.1) is 81.6 Å². The van der Waals surface area contributed by atoms with Gasteiger partial charge in [-0.2, -0.15) is 34.9 Å². The molecule has 0 aliphatic rings. The van der Waals surface area contributed by atoms with Crippen LogP contribution in [0.5, 0.6) is 0 Å². The van der Waals surface area contributed by atoms with Crippen molar-refractivity contribution < 1.29 is 20.4 Å². The maximum atomic E-state index is 8.96. The molecule has 9 N–H and O–H groups in total. The van der Waals surface area contributed by atoms with E-state index in [2.05, 4.69) is 165 Å². The third-order valence-electron chi connectivity index (χ3n) is 8.32. The van der Waals surface area contributed by atoms with Crippen molar-refractivity contribution in [2.75, 3.05) is 29.2 Å². The summed E-state index contributed by atoms with van der Waals surface area (Å²) in [6.45, 7) is 5.53. The molecule has 0 amide bonds. The molecule has 0 bridgehead atoms. The van der Waals surface area contributed by atoms with Gasteiger partial charge in [-0.3, -0.25) is 26.1 Å². The van der Waals surface area contributed by atoms with Gasteiger partial charge in [0.25, 0.3) is 23.8 Å². The van der Waals surface area contributed by atoms with Crippen LogP contribution in [0.1, 0.15) is 80.7 Å². The highest BCUT2D eigenvalue weighted by molar-refractivity contribution is 5.41. The summed E-state index contributed by atoms with van der Waals surface area (Å²) in [4.78, 5) is 18.9. The molecule has 0 fully saturated rings. The van der Waals surface area contributed by atoms with Crippen LogP contribution in [0.2, 0.25) is 0 Å². The Kier molecular flexibility index (Phi) is 19.0. The van der Waals surface area contributed by atoms with E-state index in [0.717, 1.165) is 25.2 Å². The highest BCUT2D eigenvalue weighted by Gasteiger charge is 2.13. The number of hydrogen-bond acceptors (Lipinski definition) is 33. The molecule has 39 heteroatoms. The minimum Gasteiger partial charge on any atom is -0.394 e. The highest BCUT2D eigenvalue weighted by Crippen LogP contribution is 2.09. The summed E-state index contributed by atoms with van der Waals surface area (Å²) < 4.78 is 3.30. The molecule has 0 atom stereocenters. The lowest BCUT2D eigenvalue weighted by Gasteiger charge is -2.05. The van der Waals surface area contributed by atoms with Crippen LogP contribution in [0.3, 0.4) is 0 Å². The first-order valence-corrected chi connectivity index (χ1v) is 20.9. The first-order valence-electron chi connectivity index (χ1n) is 20.9. The summed E-state index contributed by atoms with van der Waals surface area (Å²) in [7, 11) is 0. The van der Waals surface area contributed by atoms with Gasteiger partial charge in [0.2, 0.25) is 11.9 Å². The molecule has 0 aliphatic heterocycles. The molecular formula is C32H47N35O4. The van der Waals surface area contributed by atoms with Gasteiger partial charge in [-0.25, -0.2) is 19.3 Å². The van der Waals surface area contributed by atoms with Gasteiger partial charge in [0.15, 0.2) is 34.9 Å². The molecule has 71 heavy (non-hydrogen) atoms. The van der Waals surface area contributed by atoms with Crippen molar-refractivity contribution in [1.29, 1.82) is 0 Å². The lowest BCUT2D eigenvalue weighted by atomic mass is 10.4. The predicted molar refractivity (Wildman–Crippen MR) is 233 cm³/mol. The van der Waals surface area contributed by atoms with Crippen molar-refractivity contribution in [3.8, 4) is 0 Å². The second-order valence-electron chi connectivity index (χ2n) is 13.6. The largest absolute Gasteiger partial charge is 0.394 e. The average molecular weight is 986 g/mol. The average Bonchev–Trinajstić information content (AvgIpc) is 4.26. The van der Waals surface area contributed by atoms with E-state index in [1.165, 1.54) is 26.9 Å². The Bertz CT molecular complexity index is 2700. The van der Waals surface area contributed by atoms with E-state index in [0.29, 0.717) is 66.2 Å². The number of aromatic amines is 2. The first kappa shape index (κ1) is 51.2. The zero-order valence-corrected chi connectivity index (χ0v) is 37.1. The molecule has 9 heterocycles. The second-order valence-corrected chi connectivity index (χ2v) is 13.6. The summed E-state index contributed by atoms with van der Waals surface area (Å²) in [6.07, 6.45) is 5.71. The van der Waals surface area contributed by atoms with Crippen LogP contribution in [-0.2, 0) is 58.7 Å². The van der Waals surface area contributed by atoms with Gasteiger partial charge in [0.05, 0.1) is 52.1 Å². The number of tetrazole rings is 2. The fraction of sp³-hybridized carbons (Fsp3) is 0.500. The maximum Gasteiger partial charge on any atom is 0.270 e. The molecule has 0 aromatic carbocycles. The molecular weight excluding hydrogens is 939 g/mol. The van der Waals surface area contributed by atoms with E-state index < -0.39 is 0 Å². The minimum atomic E-state index is -0.252. The molecule has 0 radical (unpaired) electrons. The number of aryl methyl sites for hydroxylation is 2. The number of hydrogen-bond donors (Lipinski definition) is 9. The maximum absolute atomic E-state index is 8.96. The number of aliphatic hydroxyl groups excluding tert-OH is 4. The van der Waals surface area contributed by atoms with E-state index in [1.807, 2.05) is 11.6 Å². The number of H-pyrrole nitrogens is 2. The molecule has 0 spiro atoms. The summed E-state index contributed by atoms with van der Waals surface area (Å²) in [5.41, 5.74) is 0. The third-order valence-corrected chi connectivity index (χ3v) is 8.32. The summed E-state index contributed by atoms with van der Waals surface area (Å²) >= 11 is 0. The van der Waals surface area contributed by atoms with Crippen molar-refractivity contribution in [2.45, 2.75) is 92.8 Å². The van der Waals surface area contributed by atoms with E-state index in [4.69, 9.17) is 20.4 Å². The normalized spacial score (nSPS) is 10.7. The van der Waals surface area contributed by atoms with Crippen molar-refractivity contribution in [1.82, 2.24) is 161 Å². The smallest absolute Gasteiger partial charge is 0.270 e. The Balaban J connectivity index is 0.000000173. The lowest BCUT2D eigenvalue weighted by molar-refractivity contribution is 0.259. The summed E-state index contributed by atoms with van der Waals surface area (Å²) in [5.74, 6) is 4.74. The second kappa shape index (κ2) is 26.3. The van der Waals surface area contributed by atoms with Gasteiger partial charge in [0.1, 0.15) is 37.5 Å². The zero-order chi connectivity index (χ0) is 48.9. The van der Waals surface area contributed by atoms with E-state index in [9.17, 15) is 0 Å². The van der Waals surface area contributed by atoms with Crippen LogP contribution >= 0.6 is 0 Å². The Labute approximate surface area is 398 Å². The number of anilines is 6. The molecule has 0 unspecified atom stereocenters. The van der Waals surface area contributed by atoms with Crippen LogP contribution in [0.15, 0.2) is 12.7 Å². The highest BCUT2D eigenvalue weighted by atomic mass is 16.3. The number of nitrogens with one attached hydrogen (secondary N) is 5. The standard InChI is InChI=1S/C12H17N11O.C10H15N13O.C9H11N11O2.CH4/c1-2-3-22-10(13-7-15-22)6-9-18-20-11(21-19-9)17-12-14-8-16-23(12)4-5-24;1-2-3-22-18-8(14-20-22)6-7-12-15-9(16-13-7)11-10-17-21-23(19-10)4-5-24;21-2-6-10-4(13-16-6)1-5-14-19-9(20-15-5)12-8-11-7(3-22)17-18-8;/h7-8,24H,2-6H2,1H3,(H,14,16,17,20,21);24H,2-6H2,1H3,(H,11,15,16,19);21-22H,1-3H2,(H,10,13,16)(H2,11,12,17,18,19,20);1H4. The predicted octanol–water partition coefficient (Wildman–Crippen LogP) is -4.38. The number of nitrogens with zero attached hydrogens (tertiary/aromatic N) is 30. The Morgan fingerprint density at radius 3 is 1.70 bits per heavy atom. The topological polar surface area (TPSA) is 503 Å². The molecule has 9 aromatic heterocycles. The van der Waals surface area contributed by atoms with Crippen molar-refractivity contribution in [3.05, 3.63) is 59.2 Å². The van der Waals surface area contributed by atoms with Crippen LogP contribution in [-0.4, -0.2) is 195 Å². The van der Waals surface area contributed by atoms with Gasteiger partial charge < -0.3 is 20.4 Å². The fourth-order valence-electron chi connectivity index (χ4n) is 5.31. The molecule has 0 saturated carbocycles. The number of rotatable bonds is 22. The molecule has 9 aromatic rings. The van der Waals surface area contributed by atoms with Crippen LogP contribution in [0.4, 0.5) is 35.7 Å². The quantitative estimate of drug-likeness (QED) is 0.0310. The molecule has 374 valence electrons. The Morgan fingerprint density at radius 2 is 1.07 bits per heavy atom. The van der Waals surface area contributed by atoms with E-state index in [1.54, 1.807) is 0 Å². The van der Waals surface area contributed by atoms with Crippen LogP contribution in [0.25, 0.3) is 0 Å². The van der Waals surface area contributed by atoms with Gasteiger partial charge in [-0.1, -0.05) is 26.4 Å². The van der Waals surface area contributed by atoms with Crippen molar-refractivity contribution in [3.63, 3.8) is 0 Å². The Hall–Kier alpha value is -9.24. The van der Waals surface area contributed by atoms with E-state index in [-0.39, 0.29) is 83.0 Å². The lowest BCUT2D eigenvalue weighted by Crippen LogP contribution is -2.12. The monoisotopic (exact) mass is 985 g/mol. The van der Waals surface area contributed by atoms with Crippen LogP contribution < -0.4 is 16.0 Å². The zero-order valence-electron chi connectivity index (χ0n) is 37.1. The van der Waals surface area contributed by atoms with Crippen molar-refractivity contribution in [2.24, 2.45) is 0 Å². The van der Waals surface area contributed by atoms with Crippen molar-refractivity contribution >= 4 is 35.7 Å². The number of aromatic nitrogens is 32. The van der Waals surface area contributed by atoms with Crippen LogP contribution in [0, 0.1) is 0 Å². The number of aliphatic hydroxyl groups is 4.